The van der Waals surface area contributed by atoms with E-state index in [1.54, 1.807) is 18.2 Å². The molecule has 1 aromatic rings. The largest absolute Gasteiger partial charge is 0.299 e. The van der Waals surface area contributed by atoms with Gasteiger partial charge in [-0.25, -0.2) is 0 Å². The summed E-state index contributed by atoms with van der Waals surface area (Å²) < 4.78 is 0. The monoisotopic (exact) mass is 289 g/mol. The molecule has 0 N–H and O–H groups in total. The van der Waals surface area contributed by atoms with E-state index < -0.39 is 4.92 Å². The second-order valence-electron chi connectivity index (χ2n) is 6.57. The van der Waals surface area contributed by atoms with Gasteiger partial charge in [0.25, 0.3) is 5.69 Å². The molecule has 0 unspecified atom stereocenters. The summed E-state index contributed by atoms with van der Waals surface area (Å²) in [7, 11) is 0. The highest BCUT2D eigenvalue weighted by Gasteiger charge is 2.41. The Kier molecular flexibility index (Phi) is 4.76. The zero-order chi connectivity index (χ0) is 15.5. The normalized spacial score (nSPS) is 17.1. The lowest BCUT2D eigenvalue weighted by atomic mass is 9.73. The molecule has 0 radical (unpaired) electrons. The fourth-order valence-corrected chi connectivity index (χ4v) is 3.63. The molecule has 0 spiro atoms. The van der Waals surface area contributed by atoms with E-state index in [1.807, 2.05) is 0 Å². The van der Waals surface area contributed by atoms with Crippen LogP contribution in [0.15, 0.2) is 24.3 Å². The van der Waals surface area contributed by atoms with Gasteiger partial charge in [0.15, 0.2) is 0 Å². The van der Waals surface area contributed by atoms with Gasteiger partial charge in [0.05, 0.1) is 4.92 Å². The van der Waals surface area contributed by atoms with Gasteiger partial charge in [-0.15, -0.1) is 0 Å². The van der Waals surface area contributed by atoms with Gasteiger partial charge in [-0.1, -0.05) is 44.9 Å². The topological polar surface area (TPSA) is 60.2 Å². The number of ketones is 1. The SMILES string of the molecule is CC(C)CC1(C(=O)Cc2ccccc2[N+](=O)[O-])CCCC1. The molecule has 1 saturated carbocycles. The zero-order valence-corrected chi connectivity index (χ0v) is 12.8. The van der Waals surface area contributed by atoms with Crippen molar-refractivity contribution in [3.05, 3.63) is 39.9 Å². The third kappa shape index (κ3) is 3.49. The molecule has 0 atom stereocenters. The minimum absolute atomic E-state index is 0.0588. The van der Waals surface area contributed by atoms with E-state index in [0.29, 0.717) is 11.5 Å². The summed E-state index contributed by atoms with van der Waals surface area (Å²) in [5.41, 5.74) is 0.351. The van der Waals surface area contributed by atoms with Crippen molar-refractivity contribution < 1.29 is 9.72 Å². The number of Topliss-reactive ketones (excluding diaryl/α,β-unsaturated/α-hetero) is 1. The summed E-state index contributed by atoms with van der Waals surface area (Å²) in [6.45, 7) is 4.27. The van der Waals surface area contributed by atoms with E-state index in [0.717, 1.165) is 32.1 Å². The molecule has 2 rings (SSSR count). The fraction of sp³-hybridized carbons (Fsp3) is 0.588. The molecule has 21 heavy (non-hydrogen) atoms. The first-order valence-corrected chi connectivity index (χ1v) is 7.70. The first-order chi connectivity index (χ1) is 9.94. The molecule has 0 aromatic heterocycles. The minimum atomic E-state index is -0.396. The predicted molar refractivity (Wildman–Crippen MR) is 82.2 cm³/mol. The van der Waals surface area contributed by atoms with E-state index in [-0.39, 0.29) is 23.3 Å². The van der Waals surface area contributed by atoms with Crippen LogP contribution in [0.25, 0.3) is 0 Å². The Morgan fingerprint density at radius 3 is 2.48 bits per heavy atom. The van der Waals surface area contributed by atoms with Gasteiger partial charge >= 0.3 is 0 Å². The molecule has 4 heteroatoms. The van der Waals surface area contributed by atoms with E-state index in [1.165, 1.54) is 6.07 Å². The highest BCUT2D eigenvalue weighted by molar-refractivity contribution is 5.87. The number of nitro groups is 1. The van der Waals surface area contributed by atoms with Crippen LogP contribution >= 0.6 is 0 Å². The Labute approximate surface area is 125 Å². The Hall–Kier alpha value is -1.71. The third-order valence-corrected chi connectivity index (χ3v) is 4.49. The molecule has 0 amide bonds. The Balaban J connectivity index is 2.22. The van der Waals surface area contributed by atoms with Crippen LogP contribution in [0.1, 0.15) is 51.5 Å². The van der Waals surface area contributed by atoms with Crippen LogP contribution in [-0.4, -0.2) is 10.7 Å². The van der Waals surface area contributed by atoms with Crippen LogP contribution in [0.2, 0.25) is 0 Å². The molecule has 1 aliphatic rings. The molecular weight excluding hydrogens is 266 g/mol. The quantitative estimate of drug-likeness (QED) is 0.579. The van der Waals surface area contributed by atoms with E-state index in [2.05, 4.69) is 13.8 Å². The second-order valence-corrected chi connectivity index (χ2v) is 6.57. The van der Waals surface area contributed by atoms with Gasteiger partial charge in [0.1, 0.15) is 5.78 Å². The van der Waals surface area contributed by atoms with Crippen LogP contribution in [0.4, 0.5) is 5.69 Å². The first kappa shape index (κ1) is 15.7. The summed E-state index contributed by atoms with van der Waals surface area (Å²) >= 11 is 0. The first-order valence-electron chi connectivity index (χ1n) is 7.70. The van der Waals surface area contributed by atoms with Gasteiger partial charge in [0, 0.05) is 23.5 Å². The molecule has 0 bridgehead atoms. The average Bonchev–Trinajstić information content (AvgIpc) is 2.88. The number of benzene rings is 1. The number of hydrogen-bond donors (Lipinski definition) is 0. The highest BCUT2D eigenvalue weighted by atomic mass is 16.6. The molecule has 1 fully saturated rings. The molecule has 1 aromatic carbocycles. The van der Waals surface area contributed by atoms with E-state index >= 15 is 0 Å². The summed E-state index contributed by atoms with van der Waals surface area (Å²) in [6.07, 6.45) is 5.14. The number of rotatable bonds is 6. The van der Waals surface area contributed by atoms with Gasteiger partial charge in [-0.3, -0.25) is 14.9 Å². The number of carbonyl (C=O) groups excluding carboxylic acids is 1. The lowest BCUT2D eigenvalue weighted by Crippen LogP contribution is -2.31. The van der Waals surface area contributed by atoms with Crippen molar-refractivity contribution in [2.45, 2.75) is 52.4 Å². The Bertz CT molecular complexity index is 531. The predicted octanol–water partition coefficient (Wildman–Crippen LogP) is 4.31. The van der Waals surface area contributed by atoms with Crippen LogP contribution in [-0.2, 0) is 11.2 Å². The molecule has 0 heterocycles. The minimum Gasteiger partial charge on any atom is -0.299 e. The van der Waals surface area contributed by atoms with Crippen molar-refractivity contribution in [3.8, 4) is 0 Å². The van der Waals surface area contributed by atoms with Crippen molar-refractivity contribution in [1.82, 2.24) is 0 Å². The number of para-hydroxylation sites is 1. The molecule has 0 saturated heterocycles. The van der Waals surface area contributed by atoms with Crippen molar-refractivity contribution in [1.29, 1.82) is 0 Å². The Morgan fingerprint density at radius 1 is 1.29 bits per heavy atom. The van der Waals surface area contributed by atoms with Crippen molar-refractivity contribution in [2.24, 2.45) is 11.3 Å². The van der Waals surface area contributed by atoms with E-state index in [9.17, 15) is 14.9 Å². The molecule has 0 aliphatic heterocycles. The Morgan fingerprint density at radius 2 is 1.90 bits per heavy atom. The van der Waals surface area contributed by atoms with Gasteiger partial charge in [0.2, 0.25) is 0 Å². The molecule has 4 nitrogen and oxygen atoms in total. The lowest BCUT2D eigenvalue weighted by molar-refractivity contribution is -0.385. The maximum atomic E-state index is 12.8. The molecule has 114 valence electrons. The number of nitro benzene ring substituents is 1. The highest BCUT2D eigenvalue weighted by Crippen LogP contribution is 2.44. The third-order valence-electron chi connectivity index (χ3n) is 4.49. The summed E-state index contributed by atoms with van der Waals surface area (Å²) in [5, 5.41) is 11.1. The van der Waals surface area contributed by atoms with Gasteiger partial charge in [-0.05, 0) is 25.2 Å². The second kappa shape index (κ2) is 6.37. The molecular formula is C17H23NO3. The van der Waals surface area contributed by atoms with Crippen molar-refractivity contribution in [2.75, 3.05) is 0 Å². The number of carbonyl (C=O) groups is 1. The number of hydrogen-bond acceptors (Lipinski definition) is 3. The standard InChI is InChI=1S/C17H23NO3/c1-13(2)12-17(9-5-6-10-17)16(19)11-14-7-3-4-8-15(14)18(20)21/h3-4,7-8,13H,5-6,9-12H2,1-2H3. The van der Waals surface area contributed by atoms with Crippen LogP contribution in [0.5, 0.6) is 0 Å². The summed E-state index contributed by atoms with van der Waals surface area (Å²) in [4.78, 5) is 23.5. The van der Waals surface area contributed by atoms with Crippen LogP contribution in [0, 0.1) is 21.4 Å². The zero-order valence-electron chi connectivity index (χ0n) is 12.8. The average molecular weight is 289 g/mol. The van der Waals surface area contributed by atoms with Gasteiger partial charge < -0.3 is 0 Å². The summed E-state index contributed by atoms with van der Waals surface area (Å²) in [5.74, 6) is 0.654. The molecule has 1 aliphatic carbocycles. The maximum Gasteiger partial charge on any atom is 0.273 e. The summed E-state index contributed by atoms with van der Waals surface area (Å²) in [6, 6.07) is 6.59. The fourth-order valence-electron chi connectivity index (χ4n) is 3.63. The maximum absolute atomic E-state index is 12.8. The number of nitrogens with zero attached hydrogens (tertiary/aromatic N) is 1. The van der Waals surface area contributed by atoms with Crippen molar-refractivity contribution >= 4 is 11.5 Å². The smallest absolute Gasteiger partial charge is 0.273 e. The van der Waals surface area contributed by atoms with Crippen molar-refractivity contribution in [3.63, 3.8) is 0 Å². The lowest BCUT2D eigenvalue weighted by Gasteiger charge is -2.29. The van der Waals surface area contributed by atoms with E-state index in [4.69, 9.17) is 0 Å². The van der Waals surface area contributed by atoms with Crippen LogP contribution < -0.4 is 0 Å². The van der Waals surface area contributed by atoms with Crippen LogP contribution in [0.3, 0.4) is 0 Å². The van der Waals surface area contributed by atoms with Gasteiger partial charge in [-0.2, -0.15) is 0 Å².